The van der Waals surface area contributed by atoms with E-state index in [1.807, 2.05) is 57.2 Å². The molecule has 6 nitrogen and oxygen atoms in total. The Balaban J connectivity index is 1.61. The number of nitrogens with one attached hydrogen (secondary N) is 1. The van der Waals surface area contributed by atoms with Gasteiger partial charge in [-0.05, 0) is 65.6 Å². The molecule has 0 spiro atoms. The molecule has 3 aromatic rings. The van der Waals surface area contributed by atoms with Crippen LogP contribution in [0.4, 0.5) is 0 Å². The van der Waals surface area contributed by atoms with Crippen LogP contribution in [0.25, 0.3) is 5.69 Å². The van der Waals surface area contributed by atoms with Gasteiger partial charge in [-0.3, -0.25) is 4.79 Å². The SMILES string of the molecule is Cc1cc(C)cc(-n2nnnc2SCC(=O)NCc2ccccc2C)c1. The number of amides is 1. The first kappa shape index (κ1) is 18.1. The van der Waals surface area contributed by atoms with Gasteiger partial charge in [0.25, 0.3) is 0 Å². The normalized spacial score (nSPS) is 10.7. The molecule has 3 rings (SSSR count). The Morgan fingerprint density at radius 3 is 2.58 bits per heavy atom. The first-order valence-corrected chi connectivity index (χ1v) is 9.32. The standard InChI is InChI=1S/C19H21N5OS/c1-13-8-14(2)10-17(9-13)24-19(21-22-23-24)26-12-18(25)20-11-16-7-5-4-6-15(16)3/h4-10H,11-12H2,1-3H3,(H,20,25). The van der Waals surface area contributed by atoms with Crippen molar-refractivity contribution in [3.8, 4) is 5.69 Å². The summed E-state index contributed by atoms with van der Waals surface area (Å²) in [5.74, 6) is 0.213. The molecule has 0 saturated heterocycles. The summed E-state index contributed by atoms with van der Waals surface area (Å²) < 4.78 is 1.67. The lowest BCUT2D eigenvalue weighted by atomic mass is 10.1. The number of aromatic nitrogens is 4. The van der Waals surface area contributed by atoms with Crippen molar-refractivity contribution < 1.29 is 4.79 Å². The van der Waals surface area contributed by atoms with E-state index in [4.69, 9.17) is 0 Å². The zero-order chi connectivity index (χ0) is 18.5. The lowest BCUT2D eigenvalue weighted by Gasteiger charge is -2.08. The van der Waals surface area contributed by atoms with Gasteiger partial charge in [0.1, 0.15) is 0 Å². The molecule has 1 aromatic heterocycles. The van der Waals surface area contributed by atoms with Crippen LogP contribution < -0.4 is 5.32 Å². The maximum absolute atomic E-state index is 12.2. The number of hydrogen-bond donors (Lipinski definition) is 1. The lowest BCUT2D eigenvalue weighted by molar-refractivity contribution is -0.118. The summed E-state index contributed by atoms with van der Waals surface area (Å²) in [4.78, 5) is 12.2. The molecule has 0 aliphatic carbocycles. The van der Waals surface area contributed by atoms with E-state index in [-0.39, 0.29) is 11.7 Å². The van der Waals surface area contributed by atoms with Crippen molar-refractivity contribution in [3.05, 3.63) is 64.7 Å². The Morgan fingerprint density at radius 2 is 1.85 bits per heavy atom. The molecule has 0 unspecified atom stereocenters. The van der Waals surface area contributed by atoms with Gasteiger partial charge in [-0.1, -0.05) is 42.1 Å². The molecule has 134 valence electrons. The van der Waals surface area contributed by atoms with Gasteiger partial charge in [0.2, 0.25) is 11.1 Å². The fraction of sp³-hybridized carbons (Fsp3) is 0.263. The molecule has 0 saturated carbocycles. The molecular weight excluding hydrogens is 346 g/mol. The van der Waals surface area contributed by atoms with E-state index in [2.05, 4.69) is 26.9 Å². The molecule has 0 atom stereocenters. The van der Waals surface area contributed by atoms with Gasteiger partial charge in [-0.2, -0.15) is 4.68 Å². The van der Waals surface area contributed by atoms with Gasteiger partial charge in [-0.25, -0.2) is 0 Å². The van der Waals surface area contributed by atoms with Crippen molar-refractivity contribution >= 4 is 17.7 Å². The van der Waals surface area contributed by atoms with Crippen molar-refractivity contribution in [3.63, 3.8) is 0 Å². The number of nitrogens with zero attached hydrogens (tertiary/aromatic N) is 4. The summed E-state index contributed by atoms with van der Waals surface area (Å²) in [5.41, 5.74) is 5.46. The number of aryl methyl sites for hydroxylation is 3. The second-order valence-electron chi connectivity index (χ2n) is 6.21. The monoisotopic (exact) mass is 367 g/mol. The fourth-order valence-electron chi connectivity index (χ4n) is 2.69. The average Bonchev–Trinajstić information content (AvgIpc) is 3.07. The second-order valence-corrected chi connectivity index (χ2v) is 7.15. The van der Waals surface area contributed by atoms with E-state index in [0.29, 0.717) is 11.7 Å². The van der Waals surface area contributed by atoms with Crippen LogP contribution in [0.5, 0.6) is 0 Å². The van der Waals surface area contributed by atoms with Crippen LogP contribution in [0, 0.1) is 20.8 Å². The van der Waals surface area contributed by atoms with E-state index in [1.54, 1.807) is 4.68 Å². The maximum Gasteiger partial charge on any atom is 0.230 e. The number of carbonyl (C=O) groups is 1. The zero-order valence-electron chi connectivity index (χ0n) is 15.1. The van der Waals surface area contributed by atoms with Crippen molar-refractivity contribution in [1.29, 1.82) is 0 Å². The Bertz CT molecular complexity index is 902. The largest absolute Gasteiger partial charge is 0.351 e. The van der Waals surface area contributed by atoms with Crippen molar-refractivity contribution in [2.24, 2.45) is 0 Å². The molecule has 0 aliphatic rings. The first-order chi connectivity index (χ1) is 12.5. The summed E-state index contributed by atoms with van der Waals surface area (Å²) in [5, 5.41) is 15.4. The van der Waals surface area contributed by atoms with Gasteiger partial charge in [0.15, 0.2) is 0 Å². The summed E-state index contributed by atoms with van der Waals surface area (Å²) in [6.45, 7) is 6.63. The quantitative estimate of drug-likeness (QED) is 0.678. The third-order valence-corrected chi connectivity index (χ3v) is 4.88. The number of hydrogen-bond acceptors (Lipinski definition) is 5. The van der Waals surface area contributed by atoms with Gasteiger partial charge in [0, 0.05) is 6.54 Å². The van der Waals surface area contributed by atoms with Crippen LogP contribution >= 0.6 is 11.8 Å². The van der Waals surface area contributed by atoms with Crippen LogP contribution in [0.15, 0.2) is 47.6 Å². The third-order valence-electron chi connectivity index (χ3n) is 3.96. The summed E-state index contributed by atoms with van der Waals surface area (Å²) in [6.07, 6.45) is 0. The molecule has 0 fully saturated rings. The van der Waals surface area contributed by atoms with Crippen LogP contribution in [-0.4, -0.2) is 31.9 Å². The average molecular weight is 367 g/mol. The van der Waals surface area contributed by atoms with Gasteiger partial charge in [0.05, 0.1) is 11.4 Å². The molecule has 7 heteroatoms. The summed E-state index contributed by atoms with van der Waals surface area (Å²) >= 11 is 1.32. The smallest absolute Gasteiger partial charge is 0.230 e. The topological polar surface area (TPSA) is 72.7 Å². The van der Waals surface area contributed by atoms with Crippen LogP contribution in [0.2, 0.25) is 0 Å². The number of thioether (sulfide) groups is 1. The van der Waals surface area contributed by atoms with Crippen LogP contribution in [0.3, 0.4) is 0 Å². The van der Waals surface area contributed by atoms with Crippen molar-refractivity contribution in [2.75, 3.05) is 5.75 Å². The molecule has 2 aromatic carbocycles. The molecule has 0 aliphatic heterocycles. The Morgan fingerprint density at radius 1 is 1.12 bits per heavy atom. The number of benzene rings is 2. The van der Waals surface area contributed by atoms with E-state index >= 15 is 0 Å². The Hall–Kier alpha value is -2.67. The number of carbonyl (C=O) groups excluding carboxylic acids is 1. The number of tetrazole rings is 1. The lowest BCUT2D eigenvalue weighted by Crippen LogP contribution is -2.25. The molecule has 1 N–H and O–H groups in total. The number of rotatable bonds is 6. The van der Waals surface area contributed by atoms with E-state index in [9.17, 15) is 4.79 Å². The molecule has 1 heterocycles. The van der Waals surface area contributed by atoms with Crippen molar-refractivity contribution in [2.45, 2.75) is 32.5 Å². The highest BCUT2D eigenvalue weighted by molar-refractivity contribution is 7.99. The Kier molecular flexibility index (Phi) is 5.68. The zero-order valence-corrected chi connectivity index (χ0v) is 15.9. The van der Waals surface area contributed by atoms with Crippen LogP contribution in [-0.2, 0) is 11.3 Å². The highest BCUT2D eigenvalue weighted by Gasteiger charge is 2.12. The second kappa shape index (κ2) is 8.14. The van der Waals surface area contributed by atoms with Crippen LogP contribution in [0.1, 0.15) is 22.3 Å². The highest BCUT2D eigenvalue weighted by Crippen LogP contribution is 2.20. The predicted molar refractivity (Wildman–Crippen MR) is 102 cm³/mol. The minimum atomic E-state index is -0.0479. The molecule has 0 radical (unpaired) electrons. The molecule has 0 bridgehead atoms. The van der Waals surface area contributed by atoms with E-state index < -0.39 is 0 Å². The van der Waals surface area contributed by atoms with E-state index in [0.717, 1.165) is 22.4 Å². The molecular formula is C19H21N5OS. The van der Waals surface area contributed by atoms with Gasteiger partial charge >= 0.3 is 0 Å². The van der Waals surface area contributed by atoms with Crippen molar-refractivity contribution in [1.82, 2.24) is 25.5 Å². The predicted octanol–water partition coefficient (Wildman–Crippen LogP) is 3.00. The highest BCUT2D eigenvalue weighted by atomic mass is 32.2. The Labute approximate surface area is 157 Å². The molecule has 1 amide bonds. The molecule has 26 heavy (non-hydrogen) atoms. The fourth-order valence-corrected chi connectivity index (χ4v) is 3.41. The summed E-state index contributed by atoms with van der Waals surface area (Å²) in [7, 11) is 0. The van der Waals surface area contributed by atoms with Gasteiger partial charge < -0.3 is 5.32 Å². The minimum absolute atomic E-state index is 0.0479. The van der Waals surface area contributed by atoms with Gasteiger partial charge in [-0.15, -0.1) is 5.10 Å². The summed E-state index contributed by atoms with van der Waals surface area (Å²) in [6, 6.07) is 14.2. The van der Waals surface area contributed by atoms with E-state index in [1.165, 1.54) is 17.3 Å². The minimum Gasteiger partial charge on any atom is -0.351 e. The maximum atomic E-state index is 12.2. The third kappa shape index (κ3) is 4.49. The first-order valence-electron chi connectivity index (χ1n) is 8.34.